The summed E-state index contributed by atoms with van der Waals surface area (Å²) in [4.78, 5) is 10.8. The molecule has 62 valence electrons. The second kappa shape index (κ2) is 1.97. The van der Waals surface area contributed by atoms with E-state index in [1.165, 1.54) is 0 Å². The third-order valence-electron chi connectivity index (χ3n) is 2.26. The highest BCUT2D eigenvalue weighted by atomic mass is 32.2. The van der Waals surface area contributed by atoms with Gasteiger partial charge in [-0.05, 0) is 0 Å². The van der Waals surface area contributed by atoms with Crippen molar-refractivity contribution in [3.05, 3.63) is 0 Å². The molecule has 1 amide bonds. The molecular weight excluding hydrogens is 166 g/mol. The van der Waals surface area contributed by atoms with Crippen LogP contribution in [-0.4, -0.2) is 31.9 Å². The highest BCUT2D eigenvalue weighted by Crippen LogP contribution is 2.26. The first-order valence-electron chi connectivity index (χ1n) is 3.57. The normalized spacial score (nSPS) is 40.2. The van der Waals surface area contributed by atoms with E-state index in [0.717, 1.165) is 0 Å². The molecule has 5 heteroatoms. The van der Waals surface area contributed by atoms with E-state index in [1.54, 1.807) is 0 Å². The molecule has 2 atom stereocenters. The number of hydrogen-bond donors (Lipinski definition) is 1. The Morgan fingerprint density at radius 2 is 2.09 bits per heavy atom. The molecule has 2 rings (SSSR count). The molecule has 0 radical (unpaired) electrons. The fourth-order valence-electron chi connectivity index (χ4n) is 1.78. The third kappa shape index (κ3) is 1.13. The highest BCUT2D eigenvalue weighted by Gasteiger charge is 2.43. The van der Waals surface area contributed by atoms with Crippen LogP contribution in [0.1, 0.15) is 6.42 Å². The standard InChI is InChI=1S/C6H9NO3S/c8-6-1-4-2-11(9,10)3-5(4)7-6/h4-5H,1-3H2,(H,7,8)/t4-,5-/m1/s1. The van der Waals surface area contributed by atoms with E-state index >= 15 is 0 Å². The first-order valence-corrected chi connectivity index (χ1v) is 5.39. The average molecular weight is 175 g/mol. The van der Waals surface area contributed by atoms with Crippen molar-refractivity contribution < 1.29 is 13.2 Å². The van der Waals surface area contributed by atoms with Crippen LogP contribution in [-0.2, 0) is 14.6 Å². The molecule has 0 aromatic heterocycles. The first-order chi connectivity index (χ1) is 5.07. The summed E-state index contributed by atoms with van der Waals surface area (Å²) in [7, 11) is -2.84. The summed E-state index contributed by atoms with van der Waals surface area (Å²) in [6.45, 7) is 0. The molecule has 2 heterocycles. The molecule has 0 unspecified atom stereocenters. The van der Waals surface area contributed by atoms with E-state index < -0.39 is 9.84 Å². The summed E-state index contributed by atoms with van der Waals surface area (Å²) in [5, 5.41) is 2.65. The second-order valence-electron chi connectivity index (χ2n) is 3.22. The van der Waals surface area contributed by atoms with Crippen LogP contribution in [0.3, 0.4) is 0 Å². The molecule has 0 aliphatic carbocycles. The number of fused-ring (bicyclic) bond motifs is 1. The molecule has 2 fully saturated rings. The maximum absolute atomic E-state index is 11.0. The summed E-state index contributed by atoms with van der Waals surface area (Å²) < 4.78 is 22.0. The zero-order chi connectivity index (χ0) is 8.06. The predicted molar refractivity (Wildman–Crippen MR) is 38.7 cm³/mol. The number of amides is 1. The third-order valence-corrected chi connectivity index (χ3v) is 4.07. The lowest BCUT2D eigenvalue weighted by atomic mass is 10.1. The molecule has 1 N–H and O–H groups in total. The van der Waals surface area contributed by atoms with Gasteiger partial charge in [-0.25, -0.2) is 8.42 Å². The topological polar surface area (TPSA) is 63.2 Å². The molecule has 0 aromatic rings. The van der Waals surface area contributed by atoms with Crippen molar-refractivity contribution >= 4 is 15.7 Å². The Kier molecular flexibility index (Phi) is 1.27. The van der Waals surface area contributed by atoms with Crippen LogP contribution in [0, 0.1) is 5.92 Å². The van der Waals surface area contributed by atoms with E-state index in [9.17, 15) is 13.2 Å². The van der Waals surface area contributed by atoms with Crippen LogP contribution in [0.5, 0.6) is 0 Å². The Morgan fingerprint density at radius 3 is 2.73 bits per heavy atom. The van der Waals surface area contributed by atoms with Crippen LogP contribution >= 0.6 is 0 Å². The average Bonchev–Trinajstić information content (AvgIpc) is 2.17. The molecule has 2 aliphatic heterocycles. The maximum Gasteiger partial charge on any atom is 0.220 e. The Bertz CT molecular complexity index is 273. The Labute approximate surface area is 64.9 Å². The molecule has 0 bridgehead atoms. The van der Waals surface area contributed by atoms with Gasteiger partial charge in [-0.1, -0.05) is 0 Å². The van der Waals surface area contributed by atoms with Crippen molar-refractivity contribution in [2.45, 2.75) is 12.5 Å². The maximum atomic E-state index is 11.0. The van der Waals surface area contributed by atoms with Crippen LogP contribution < -0.4 is 5.32 Å². The van der Waals surface area contributed by atoms with Gasteiger partial charge in [0.15, 0.2) is 9.84 Å². The zero-order valence-corrected chi connectivity index (χ0v) is 6.73. The van der Waals surface area contributed by atoms with Gasteiger partial charge >= 0.3 is 0 Å². The summed E-state index contributed by atoms with van der Waals surface area (Å²) in [6.07, 6.45) is 0.393. The number of carbonyl (C=O) groups excluding carboxylic acids is 1. The van der Waals surface area contributed by atoms with E-state index in [-0.39, 0.29) is 29.4 Å². The lowest BCUT2D eigenvalue weighted by Gasteiger charge is -2.02. The largest absolute Gasteiger partial charge is 0.352 e. The van der Waals surface area contributed by atoms with Gasteiger partial charge in [-0.3, -0.25) is 4.79 Å². The van der Waals surface area contributed by atoms with Gasteiger partial charge in [0, 0.05) is 18.4 Å². The predicted octanol–water partition coefficient (Wildman–Crippen LogP) is -1.08. The minimum absolute atomic E-state index is 0.00472. The van der Waals surface area contributed by atoms with Crippen molar-refractivity contribution in [3.8, 4) is 0 Å². The fraction of sp³-hybridized carbons (Fsp3) is 0.833. The molecule has 0 aromatic carbocycles. The SMILES string of the molecule is O=C1C[C@@H]2CS(=O)(=O)C[C@H]2N1. The van der Waals surface area contributed by atoms with E-state index in [0.29, 0.717) is 6.42 Å². The number of sulfone groups is 1. The highest BCUT2D eigenvalue weighted by molar-refractivity contribution is 7.91. The van der Waals surface area contributed by atoms with Gasteiger partial charge in [-0.15, -0.1) is 0 Å². The molecular formula is C6H9NO3S. The van der Waals surface area contributed by atoms with Crippen LogP contribution in [0.4, 0.5) is 0 Å². The van der Waals surface area contributed by atoms with Crippen molar-refractivity contribution in [1.82, 2.24) is 5.32 Å². The van der Waals surface area contributed by atoms with Crippen molar-refractivity contribution in [1.29, 1.82) is 0 Å². The Balaban J connectivity index is 2.22. The smallest absolute Gasteiger partial charge is 0.220 e. The number of carbonyl (C=O) groups is 1. The number of hydrogen-bond acceptors (Lipinski definition) is 3. The van der Waals surface area contributed by atoms with Crippen molar-refractivity contribution in [3.63, 3.8) is 0 Å². The molecule has 2 aliphatic rings. The quantitative estimate of drug-likeness (QED) is 0.509. The number of nitrogens with one attached hydrogen (secondary N) is 1. The van der Waals surface area contributed by atoms with Gasteiger partial charge < -0.3 is 5.32 Å². The molecule has 0 saturated carbocycles. The Hall–Kier alpha value is -0.580. The van der Waals surface area contributed by atoms with Gasteiger partial charge in [-0.2, -0.15) is 0 Å². The molecule has 11 heavy (non-hydrogen) atoms. The lowest BCUT2D eigenvalue weighted by molar-refractivity contribution is -0.119. The first kappa shape index (κ1) is 7.09. The summed E-state index contributed by atoms with van der Waals surface area (Å²) >= 11 is 0. The van der Waals surface area contributed by atoms with Crippen LogP contribution in [0.2, 0.25) is 0 Å². The van der Waals surface area contributed by atoms with Gasteiger partial charge in [0.25, 0.3) is 0 Å². The van der Waals surface area contributed by atoms with Crippen LogP contribution in [0.15, 0.2) is 0 Å². The fourth-order valence-corrected chi connectivity index (χ4v) is 3.83. The van der Waals surface area contributed by atoms with Crippen LogP contribution in [0.25, 0.3) is 0 Å². The number of rotatable bonds is 0. The minimum Gasteiger partial charge on any atom is -0.352 e. The molecule has 4 nitrogen and oxygen atoms in total. The van der Waals surface area contributed by atoms with Crippen molar-refractivity contribution in [2.75, 3.05) is 11.5 Å². The van der Waals surface area contributed by atoms with Gasteiger partial charge in [0.2, 0.25) is 5.91 Å². The summed E-state index contributed by atoms with van der Waals surface area (Å²) in [5.74, 6) is 0.377. The van der Waals surface area contributed by atoms with E-state index in [1.807, 2.05) is 0 Å². The second-order valence-corrected chi connectivity index (χ2v) is 5.37. The summed E-state index contributed by atoms with van der Waals surface area (Å²) in [6, 6.07) is -0.0903. The van der Waals surface area contributed by atoms with E-state index in [2.05, 4.69) is 5.32 Å². The zero-order valence-electron chi connectivity index (χ0n) is 5.91. The summed E-state index contributed by atoms with van der Waals surface area (Å²) in [5.41, 5.74) is 0. The Morgan fingerprint density at radius 1 is 1.36 bits per heavy atom. The minimum atomic E-state index is -2.84. The van der Waals surface area contributed by atoms with Gasteiger partial charge in [0.1, 0.15) is 0 Å². The molecule has 0 spiro atoms. The molecule has 2 saturated heterocycles. The van der Waals surface area contributed by atoms with Gasteiger partial charge in [0.05, 0.1) is 11.5 Å². The lowest BCUT2D eigenvalue weighted by Crippen LogP contribution is -2.29. The van der Waals surface area contributed by atoms with E-state index in [4.69, 9.17) is 0 Å². The van der Waals surface area contributed by atoms with Crippen molar-refractivity contribution in [2.24, 2.45) is 5.92 Å². The monoisotopic (exact) mass is 175 g/mol.